The number of amides is 1. The zero-order chi connectivity index (χ0) is 14.0. The molecule has 2 saturated carbocycles. The fraction of sp³-hybridized carbons (Fsp3) is 0.933. The van der Waals surface area contributed by atoms with Crippen LogP contribution in [0.15, 0.2) is 0 Å². The molecule has 1 amide bonds. The Kier molecular flexibility index (Phi) is 4.85. The first kappa shape index (κ1) is 14.8. The average Bonchev–Trinajstić information content (AvgIpc) is 2.35. The molecule has 2 fully saturated rings. The fourth-order valence-corrected chi connectivity index (χ4v) is 3.60. The average molecular weight is 268 g/mol. The number of hydrogen-bond acceptors (Lipinski definition) is 3. The topological polar surface area (TPSA) is 66.6 Å². The first-order valence-electron chi connectivity index (χ1n) is 7.66. The molecule has 0 radical (unpaired) electrons. The number of nitrogens with zero attached hydrogens (tertiary/aromatic N) is 1. The molecule has 0 aliphatic heterocycles. The van der Waals surface area contributed by atoms with E-state index in [0.717, 1.165) is 45.1 Å². The van der Waals surface area contributed by atoms with Crippen LogP contribution in [0.2, 0.25) is 0 Å². The van der Waals surface area contributed by atoms with Gasteiger partial charge in [0, 0.05) is 25.6 Å². The summed E-state index contributed by atoms with van der Waals surface area (Å²) in [6, 6.07) is 0.279. The maximum absolute atomic E-state index is 12.4. The number of nitrogens with two attached hydrogens (primary N) is 1. The molecule has 19 heavy (non-hydrogen) atoms. The molecular weight excluding hydrogens is 240 g/mol. The van der Waals surface area contributed by atoms with Crippen LogP contribution in [0.4, 0.5) is 0 Å². The first-order chi connectivity index (χ1) is 8.97. The Balaban J connectivity index is 1.80. The van der Waals surface area contributed by atoms with Gasteiger partial charge in [-0.2, -0.15) is 0 Å². The van der Waals surface area contributed by atoms with Crippen LogP contribution in [0.25, 0.3) is 0 Å². The van der Waals surface area contributed by atoms with Gasteiger partial charge in [0.15, 0.2) is 0 Å². The molecule has 0 bridgehead atoms. The second kappa shape index (κ2) is 6.23. The molecule has 0 heterocycles. The summed E-state index contributed by atoms with van der Waals surface area (Å²) in [6.07, 6.45) is 5.94. The minimum absolute atomic E-state index is 0.0846. The molecule has 0 aromatic carbocycles. The standard InChI is InChI=1S/C15H28N2O2/c1-10(12-4-3-5-13(16)8-12)15(19)17(2)9-11-6-14(18)7-11/h10-14,18H,3-9,16H2,1-2H3. The van der Waals surface area contributed by atoms with Crippen LogP contribution < -0.4 is 5.73 Å². The van der Waals surface area contributed by atoms with Gasteiger partial charge in [-0.15, -0.1) is 0 Å². The van der Waals surface area contributed by atoms with Crippen LogP contribution in [-0.2, 0) is 4.79 Å². The highest BCUT2D eigenvalue weighted by molar-refractivity contribution is 5.78. The fourth-order valence-electron chi connectivity index (χ4n) is 3.60. The van der Waals surface area contributed by atoms with Crippen molar-refractivity contribution in [3.8, 4) is 0 Å². The molecule has 0 aromatic heterocycles. The van der Waals surface area contributed by atoms with Crippen molar-refractivity contribution in [2.75, 3.05) is 13.6 Å². The van der Waals surface area contributed by atoms with E-state index in [1.807, 2.05) is 11.9 Å². The zero-order valence-corrected chi connectivity index (χ0v) is 12.2. The van der Waals surface area contributed by atoms with E-state index in [1.54, 1.807) is 0 Å². The third kappa shape index (κ3) is 3.69. The van der Waals surface area contributed by atoms with Crippen molar-refractivity contribution in [3.05, 3.63) is 0 Å². The van der Waals surface area contributed by atoms with Gasteiger partial charge in [0.2, 0.25) is 5.91 Å². The normalized spacial score (nSPS) is 36.4. The summed E-state index contributed by atoms with van der Waals surface area (Å²) in [6.45, 7) is 2.84. The molecule has 3 unspecified atom stereocenters. The molecule has 0 saturated heterocycles. The van der Waals surface area contributed by atoms with Gasteiger partial charge in [0.25, 0.3) is 0 Å². The number of carbonyl (C=O) groups excluding carboxylic acids is 1. The number of rotatable bonds is 4. The number of hydrogen-bond donors (Lipinski definition) is 2. The Hall–Kier alpha value is -0.610. The van der Waals surface area contributed by atoms with Crippen molar-refractivity contribution in [3.63, 3.8) is 0 Å². The zero-order valence-electron chi connectivity index (χ0n) is 12.2. The second-order valence-corrected chi connectivity index (χ2v) is 6.69. The van der Waals surface area contributed by atoms with Crippen LogP contribution in [-0.4, -0.2) is 41.7 Å². The van der Waals surface area contributed by atoms with Crippen LogP contribution in [0, 0.1) is 17.8 Å². The molecule has 110 valence electrons. The lowest BCUT2D eigenvalue weighted by Gasteiger charge is -2.37. The molecule has 0 aromatic rings. The summed E-state index contributed by atoms with van der Waals surface area (Å²) >= 11 is 0. The third-order valence-electron chi connectivity index (χ3n) is 4.97. The van der Waals surface area contributed by atoms with Crippen LogP contribution in [0.5, 0.6) is 0 Å². The van der Waals surface area contributed by atoms with E-state index in [4.69, 9.17) is 5.73 Å². The predicted octanol–water partition coefficient (Wildman–Crippen LogP) is 1.37. The minimum Gasteiger partial charge on any atom is -0.393 e. The first-order valence-corrected chi connectivity index (χ1v) is 7.66. The Morgan fingerprint density at radius 3 is 2.63 bits per heavy atom. The molecule has 2 rings (SSSR count). The minimum atomic E-state index is -0.137. The lowest BCUT2D eigenvalue weighted by Crippen LogP contribution is -2.43. The highest BCUT2D eigenvalue weighted by Gasteiger charge is 2.33. The van der Waals surface area contributed by atoms with Gasteiger partial charge in [-0.05, 0) is 43.9 Å². The molecule has 4 nitrogen and oxygen atoms in total. The molecule has 3 atom stereocenters. The maximum Gasteiger partial charge on any atom is 0.225 e. The summed E-state index contributed by atoms with van der Waals surface area (Å²) in [5, 5.41) is 9.29. The van der Waals surface area contributed by atoms with Crippen LogP contribution in [0.1, 0.15) is 45.4 Å². The maximum atomic E-state index is 12.4. The summed E-state index contributed by atoms with van der Waals surface area (Å²) in [5.74, 6) is 1.28. The van der Waals surface area contributed by atoms with E-state index >= 15 is 0 Å². The molecule has 2 aliphatic rings. The highest BCUT2D eigenvalue weighted by atomic mass is 16.3. The summed E-state index contributed by atoms with van der Waals surface area (Å²) in [5.41, 5.74) is 6.01. The molecule has 2 aliphatic carbocycles. The van der Waals surface area contributed by atoms with E-state index in [9.17, 15) is 9.90 Å². The van der Waals surface area contributed by atoms with Crippen molar-refractivity contribution >= 4 is 5.91 Å². The van der Waals surface area contributed by atoms with E-state index in [-0.39, 0.29) is 24.0 Å². The number of carbonyl (C=O) groups is 1. The summed E-state index contributed by atoms with van der Waals surface area (Å²) in [4.78, 5) is 14.3. The third-order valence-corrected chi connectivity index (χ3v) is 4.97. The van der Waals surface area contributed by atoms with Gasteiger partial charge >= 0.3 is 0 Å². The summed E-state index contributed by atoms with van der Waals surface area (Å²) < 4.78 is 0. The van der Waals surface area contributed by atoms with Crippen molar-refractivity contribution in [2.45, 2.75) is 57.6 Å². The second-order valence-electron chi connectivity index (χ2n) is 6.69. The SMILES string of the molecule is CC(C(=O)N(C)CC1CC(O)C1)C1CCCC(N)C1. The van der Waals surface area contributed by atoms with Gasteiger partial charge in [0.1, 0.15) is 0 Å². The largest absolute Gasteiger partial charge is 0.393 e. The lowest BCUT2D eigenvalue weighted by atomic mass is 9.78. The summed E-state index contributed by atoms with van der Waals surface area (Å²) in [7, 11) is 1.90. The van der Waals surface area contributed by atoms with Gasteiger partial charge in [-0.3, -0.25) is 4.79 Å². The highest BCUT2D eigenvalue weighted by Crippen LogP contribution is 2.32. The lowest BCUT2D eigenvalue weighted by molar-refractivity contribution is -0.137. The van der Waals surface area contributed by atoms with Crippen molar-refractivity contribution in [1.29, 1.82) is 0 Å². The monoisotopic (exact) mass is 268 g/mol. The smallest absolute Gasteiger partial charge is 0.225 e. The quantitative estimate of drug-likeness (QED) is 0.809. The van der Waals surface area contributed by atoms with Crippen molar-refractivity contribution in [1.82, 2.24) is 4.90 Å². The van der Waals surface area contributed by atoms with E-state index < -0.39 is 0 Å². The van der Waals surface area contributed by atoms with Gasteiger partial charge < -0.3 is 15.7 Å². The van der Waals surface area contributed by atoms with Crippen LogP contribution >= 0.6 is 0 Å². The van der Waals surface area contributed by atoms with Gasteiger partial charge in [-0.1, -0.05) is 13.3 Å². The molecule has 4 heteroatoms. The number of aliphatic hydroxyl groups excluding tert-OH is 1. The Morgan fingerprint density at radius 1 is 1.37 bits per heavy atom. The Morgan fingerprint density at radius 2 is 2.05 bits per heavy atom. The van der Waals surface area contributed by atoms with Gasteiger partial charge in [-0.25, -0.2) is 0 Å². The molecular formula is C15H28N2O2. The van der Waals surface area contributed by atoms with Crippen molar-refractivity contribution < 1.29 is 9.90 Å². The number of aliphatic hydroxyl groups is 1. The Labute approximate surface area is 116 Å². The molecule has 3 N–H and O–H groups in total. The van der Waals surface area contributed by atoms with Gasteiger partial charge in [0.05, 0.1) is 6.10 Å². The van der Waals surface area contributed by atoms with E-state index in [0.29, 0.717) is 11.8 Å². The molecule has 0 spiro atoms. The van der Waals surface area contributed by atoms with E-state index in [2.05, 4.69) is 6.92 Å². The van der Waals surface area contributed by atoms with Crippen molar-refractivity contribution in [2.24, 2.45) is 23.5 Å². The van der Waals surface area contributed by atoms with Crippen LogP contribution in [0.3, 0.4) is 0 Å². The Bertz CT molecular complexity index is 315. The van der Waals surface area contributed by atoms with E-state index in [1.165, 1.54) is 0 Å². The predicted molar refractivity (Wildman–Crippen MR) is 75.5 cm³/mol.